The van der Waals surface area contributed by atoms with Crippen LogP contribution in [0.2, 0.25) is 0 Å². The van der Waals surface area contributed by atoms with E-state index in [0.717, 1.165) is 24.4 Å². The van der Waals surface area contributed by atoms with E-state index >= 15 is 0 Å². The minimum Gasteiger partial charge on any atom is -0.468 e. The van der Waals surface area contributed by atoms with Crippen molar-refractivity contribution in [2.75, 3.05) is 0 Å². The maximum absolute atomic E-state index is 5.36. The molecular formula is C14H21N3O. The van der Waals surface area contributed by atoms with Gasteiger partial charge in [-0.1, -0.05) is 6.92 Å². The molecule has 0 aliphatic carbocycles. The number of rotatable bonds is 6. The minimum absolute atomic E-state index is 0.203. The molecule has 0 saturated carbocycles. The zero-order valence-electron chi connectivity index (χ0n) is 11.3. The van der Waals surface area contributed by atoms with Crippen molar-refractivity contribution < 1.29 is 4.42 Å². The second-order valence-corrected chi connectivity index (χ2v) is 4.66. The zero-order chi connectivity index (χ0) is 13.0. The molecular weight excluding hydrogens is 226 g/mol. The summed E-state index contributed by atoms with van der Waals surface area (Å²) in [6.07, 6.45) is 4.84. The van der Waals surface area contributed by atoms with Crippen LogP contribution >= 0.6 is 0 Å². The van der Waals surface area contributed by atoms with Crippen molar-refractivity contribution in [3.63, 3.8) is 0 Å². The zero-order valence-corrected chi connectivity index (χ0v) is 11.3. The van der Waals surface area contributed by atoms with Gasteiger partial charge in [-0.2, -0.15) is 5.10 Å². The van der Waals surface area contributed by atoms with Gasteiger partial charge >= 0.3 is 0 Å². The monoisotopic (exact) mass is 247 g/mol. The summed E-state index contributed by atoms with van der Waals surface area (Å²) in [5.41, 5.74) is 1.06. The van der Waals surface area contributed by atoms with Gasteiger partial charge in [0.25, 0.3) is 0 Å². The first-order valence-corrected chi connectivity index (χ1v) is 6.51. The van der Waals surface area contributed by atoms with Crippen molar-refractivity contribution in [3.05, 3.63) is 42.1 Å². The Kier molecular flexibility index (Phi) is 4.20. The van der Waals surface area contributed by atoms with Crippen molar-refractivity contribution in [3.8, 4) is 0 Å². The first-order valence-electron chi connectivity index (χ1n) is 6.51. The summed E-state index contributed by atoms with van der Waals surface area (Å²) < 4.78 is 7.38. The molecule has 2 aromatic heterocycles. The highest BCUT2D eigenvalue weighted by atomic mass is 16.3. The summed E-state index contributed by atoms with van der Waals surface area (Å²) in [5, 5.41) is 7.96. The summed E-state index contributed by atoms with van der Waals surface area (Å²) in [4.78, 5) is 0. The molecule has 2 aromatic rings. The second kappa shape index (κ2) is 5.87. The Labute approximate surface area is 108 Å². The molecule has 18 heavy (non-hydrogen) atoms. The highest BCUT2D eigenvalue weighted by molar-refractivity contribution is 5.05. The lowest BCUT2D eigenvalue weighted by Gasteiger charge is -2.10. The fourth-order valence-corrected chi connectivity index (χ4v) is 1.80. The third kappa shape index (κ3) is 3.01. The number of furan rings is 1. The van der Waals surface area contributed by atoms with Gasteiger partial charge in [0, 0.05) is 18.8 Å². The molecule has 0 aromatic carbocycles. The quantitative estimate of drug-likeness (QED) is 0.851. The topological polar surface area (TPSA) is 43.0 Å². The Morgan fingerprint density at radius 3 is 2.89 bits per heavy atom. The molecule has 2 atom stereocenters. The van der Waals surface area contributed by atoms with E-state index in [-0.39, 0.29) is 6.04 Å². The van der Waals surface area contributed by atoms with Crippen LogP contribution in [0.1, 0.15) is 50.7 Å². The van der Waals surface area contributed by atoms with Gasteiger partial charge in [-0.25, -0.2) is 0 Å². The summed E-state index contributed by atoms with van der Waals surface area (Å²) in [7, 11) is 0. The lowest BCUT2D eigenvalue weighted by atomic mass is 10.2. The minimum atomic E-state index is 0.203. The Morgan fingerprint density at radius 2 is 2.22 bits per heavy atom. The van der Waals surface area contributed by atoms with E-state index in [1.165, 1.54) is 0 Å². The molecule has 2 heterocycles. The molecule has 0 aliphatic heterocycles. The predicted molar refractivity (Wildman–Crippen MR) is 71.2 cm³/mol. The molecule has 0 spiro atoms. The van der Waals surface area contributed by atoms with Gasteiger partial charge in [0.15, 0.2) is 0 Å². The molecule has 0 radical (unpaired) electrons. The Balaban J connectivity index is 1.88. The standard InChI is InChI=1S/C14H21N3O/c1-4-11(2)17-8-7-13(16-17)10-15-12(3)14-6-5-9-18-14/h5-9,11-12,15H,4,10H2,1-3H3/t11?,12-/m1/s1. The SMILES string of the molecule is CCC(C)n1ccc(CN[C@H](C)c2ccco2)n1. The Morgan fingerprint density at radius 1 is 1.39 bits per heavy atom. The van der Waals surface area contributed by atoms with Crippen LogP contribution < -0.4 is 5.32 Å². The van der Waals surface area contributed by atoms with E-state index in [9.17, 15) is 0 Å². The van der Waals surface area contributed by atoms with Gasteiger partial charge in [-0.15, -0.1) is 0 Å². The van der Waals surface area contributed by atoms with Crippen molar-refractivity contribution in [1.29, 1.82) is 0 Å². The van der Waals surface area contributed by atoms with Crippen LogP contribution in [0.25, 0.3) is 0 Å². The highest BCUT2D eigenvalue weighted by Crippen LogP contribution is 2.13. The lowest BCUT2D eigenvalue weighted by Crippen LogP contribution is -2.18. The number of nitrogens with one attached hydrogen (secondary N) is 1. The first kappa shape index (κ1) is 12.9. The van der Waals surface area contributed by atoms with E-state index in [1.807, 2.05) is 23.0 Å². The van der Waals surface area contributed by atoms with E-state index in [1.54, 1.807) is 6.26 Å². The van der Waals surface area contributed by atoms with Crippen LogP contribution in [0, 0.1) is 0 Å². The maximum atomic E-state index is 5.36. The number of hydrogen-bond donors (Lipinski definition) is 1. The Hall–Kier alpha value is -1.55. The molecule has 98 valence electrons. The average molecular weight is 247 g/mol. The van der Waals surface area contributed by atoms with Gasteiger partial charge in [-0.3, -0.25) is 4.68 Å². The van der Waals surface area contributed by atoms with Crippen molar-refractivity contribution in [2.24, 2.45) is 0 Å². The van der Waals surface area contributed by atoms with Crippen molar-refractivity contribution in [2.45, 2.75) is 45.8 Å². The molecule has 0 bridgehead atoms. The third-order valence-corrected chi connectivity index (χ3v) is 3.27. The molecule has 0 aliphatic rings. The highest BCUT2D eigenvalue weighted by Gasteiger charge is 2.09. The van der Waals surface area contributed by atoms with Crippen LogP contribution in [-0.2, 0) is 6.54 Å². The van der Waals surface area contributed by atoms with E-state index in [2.05, 4.69) is 37.3 Å². The van der Waals surface area contributed by atoms with Crippen LogP contribution in [0.15, 0.2) is 35.1 Å². The van der Waals surface area contributed by atoms with E-state index in [4.69, 9.17) is 4.42 Å². The van der Waals surface area contributed by atoms with Crippen LogP contribution in [-0.4, -0.2) is 9.78 Å². The van der Waals surface area contributed by atoms with Crippen LogP contribution in [0.4, 0.5) is 0 Å². The fourth-order valence-electron chi connectivity index (χ4n) is 1.80. The molecule has 0 saturated heterocycles. The molecule has 1 unspecified atom stereocenters. The molecule has 1 N–H and O–H groups in total. The van der Waals surface area contributed by atoms with Crippen LogP contribution in [0.5, 0.6) is 0 Å². The number of hydrogen-bond acceptors (Lipinski definition) is 3. The number of nitrogens with zero attached hydrogens (tertiary/aromatic N) is 2. The molecule has 0 amide bonds. The maximum Gasteiger partial charge on any atom is 0.120 e. The molecule has 4 nitrogen and oxygen atoms in total. The van der Waals surface area contributed by atoms with Gasteiger partial charge < -0.3 is 9.73 Å². The number of aromatic nitrogens is 2. The summed E-state index contributed by atoms with van der Waals surface area (Å²) in [5.74, 6) is 0.955. The normalized spacial score (nSPS) is 14.6. The summed E-state index contributed by atoms with van der Waals surface area (Å²) in [6.45, 7) is 7.19. The molecule has 4 heteroatoms. The molecule has 0 fully saturated rings. The van der Waals surface area contributed by atoms with Crippen molar-refractivity contribution >= 4 is 0 Å². The van der Waals surface area contributed by atoms with Gasteiger partial charge in [-0.05, 0) is 38.5 Å². The van der Waals surface area contributed by atoms with E-state index in [0.29, 0.717) is 6.04 Å². The largest absolute Gasteiger partial charge is 0.468 e. The van der Waals surface area contributed by atoms with Gasteiger partial charge in [0.2, 0.25) is 0 Å². The second-order valence-electron chi connectivity index (χ2n) is 4.66. The van der Waals surface area contributed by atoms with Crippen LogP contribution in [0.3, 0.4) is 0 Å². The molecule has 2 rings (SSSR count). The summed E-state index contributed by atoms with van der Waals surface area (Å²) >= 11 is 0. The summed E-state index contributed by atoms with van der Waals surface area (Å²) in [6, 6.07) is 6.62. The van der Waals surface area contributed by atoms with Crippen molar-refractivity contribution in [1.82, 2.24) is 15.1 Å². The lowest BCUT2D eigenvalue weighted by molar-refractivity contribution is 0.424. The van der Waals surface area contributed by atoms with E-state index < -0.39 is 0 Å². The Bertz CT molecular complexity index is 461. The van der Waals surface area contributed by atoms with Gasteiger partial charge in [0.05, 0.1) is 18.0 Å². The fraction of sp³-hybridized carbons (Fsp3) is 0.500. The smallest absolute Gasteiger partial charge is 0.120 e. The third-order valence-electron chi connectivity index (χ3n) is 3.27. The van der Waals surface area contributed by atoms with Gasteiger partial charge in [0.1, 0.15) is 5.76 Å². The average Bonchev–Trinajstić information content (AvgIpc) is 3.05. The first-order chi connectivity index (χ1) is 8.70. The predicted octanol–water partition coefficient (Wildman–Crippen LogP) is 3.30.